The number of amides is 1. The van der Waals surface area contributed by atoms with Crippen LogP contribution in [-0.4, -0.2) is 34.8 Å². The van der Waals surface area contributed by atoms with E-state index in [4.69, 9.17) is 0 Å². The first kappa shape index (κ1) is 16.6. The molecule has 2 rings (SSSR count). The highest BCUT2D eigenvalue weighted by Crippen LogP contribution is 2.34. The summed E-state index contributed by atoms with van der Waals surface area (Å²) in [7, 11) is 1.93. The molecule has 0 saturated heterocycles. The van der Waals surface area contributed by atoms with Crippen molar-refractivity contribution in [2.24, 2.45) is 10.9 Å². The van der Waals surface area contributed by atoms with Gasteiger partial charge in [0, 0.05) is 24.4 Å². The van der Waals surface area contributed by atoms with Gasteiger partial charge in [-0.05, 0) is 18.9 Å². The molecule has 1 amide bonds. The van der Waals surface area contributed by atoms with Gasteiger partial charge in [-0.15, -0.1) is 0 Å². The molecule has 0 radical (unpaired) electrons. The van der Waals surface area contributed by atoms with Gasteiger partial charge in [-0.3, -0.25) is 4.79 Å². The van der Waals surface area contributed by atoms with Crippen LogP contribution >= 0.6 is 11.8 Å². The van der Waals surface area contributed by atoms with Crippen LogP contribution in [0.2, 0.25) is 0 Å². The molecule has 0 saturated carbocycles. The van der Waals surface area contributed by atoms with Crippen LogP contribution in [0.4, 0.5) is 5.69 Å². The van der Waals surface area contributed by atoms with Crippen LogP contribution in [0, 0.1) is 5.92 Å². The second-order valence-corrected chi connectivity index (χ2v) is 6.75. The maximum Gasteiger partial charge on any atom is 0.230 e. The average Bonchev–Trinajstić information content (AvgIpc) is 2.49. The van der Waals surface area contributed by atoms with Gasteiger partial charge in [-0.2, -0.15) is 0 Å². The zero-order valence-corrected chi connectivity index (χ0v) is 14.4. The van der Waals surface area contributed by atoms with Crippen molar-refractivity contribution >= 4 is 34.2 Å². The summed E-state index contributed by atoms with van der Waals surface area (Å²) in [6.45, 7) is 10.3. The van der Waals surface area contributed by atoms with Gasteiger partial charge in [0.1, 0.15) is 0 Å². The highest BCUT2D eigenvalue weighted by molar-refractivity contribution is 8.14. The molecule has 0 unspecified atom stereocenters. The maximum absolute atomic E-state index is 12.0. The first-order valence-electron chi connectivity index (χ1n) is 7.43. The lowest BCUT2D eigenvalue weighted by Gasteiger charge is -2.28. The summed E-state index contributed by atoms with van der Waals surface area (Å²) in [6.07, 6.45) is 0. The highest BCUT2D eigenvalue weighted by Gasteiger charge is 2.21. The van der Waals surface area contributed by atoms with E-state index in [0.717, 1.165) is 22.1 Å². The summed E-state index contributed by atoms with van der Waals surface area (Å²) in [5.41, 5.74) is 2.85. The van der Waals surface area contributed by atoms with Crippen molar-refractivity contribution in [3.8, 4) is 0 Å². The molecule has 0 aliphatic carbocycles. The minimum atomic E-state index is 0.0340. The molecule has 1 N–H and O–H groups in total. The molecule has 5 heteroatoms. The Morgan fingerprint density at radius 3 is 2.73 bits per heavy atom. The third-order valence-corrected chi connectivity index (χ3v) is 4.87. The van der Waals surface area contributed by atoms with Crippen LogP contribution in [0.15, 0.2) is 35.8 Å². The van der Waals surface area contributed by atoms with Crippen molar-refractivity contribution in [3.05, 3.63) is 36.4 Å². The van der Waals surface area contributed by atoms with E-state index in [1.807, 2.05) is 43.1 Å². The normalized spacial score (nSPS) is 15.4. The summed E-state index contributed by atoms with van der Waals surface area (Å²) in [5, 5.41) is 3.81. The molecular formula is C17H23N3OS. The van der Waals surface area contributed by atoms with Crippen LogP contribution in [0.1, 0.15) is 26.3 Å². The minimum Gasteiger partial charge on any atom is -0.353 e. The molecule has 1 aromatic carbocycles. The fourth-order valence-corrected chi connectivity index (χ4v) is 2.82. The number of nitrogens with zero attached hydrogens (tertiary/aromatic N) is 2. The highest BCUT2D eigenvalue weighted by atomic mass is 32.2. The Hall–Kier alpha value is -1.75. The summed E-state index contributed by atoms with van der Waals surface area (Å²) in [4.78, 5) is 18.6. The number of fused-ring (bicyclic) bond motifs is 1. The molecule has 1 heterocycles. The van der Waals surface area contributed by atoms with E-state index < -0.39 is 0 Å². The van der Waals surface area contributed by atoms with E-state index in [0.29, 0.717) is 11.7 Å². The lowest BCUT2D eigenvalue weighted by Crippen LogP contribution is -2.38. The van der Waals surface area contributed by atoms with Crippen molar-refractivity contribution in [1.29, 1.82) is 0 Å². The number of amidine groups is 1. The first-order chi connectivity index (χ1) is 10.4. The number of carbonyl (C=O) groups is 1. The van der Waals surface area contributed by atoms with Crippen molar-refractivity contribution in [2.75, 3.05) is 12.8 Å². The lowest BCUT2D eigenvalue weighted by molar-refractivity contribution is -0.119. The Bertz CT molecular complexity index is 610. The fraction of sp³-hybridized carbons (Fsp3) is 0.412. The number of benzene rings is 1. The molecule has 1 aromatic rings. The summed E-state index contributed by atoms with van der Waals surface area (Å²) in [5.74, 6) is 0.817. The third-order valence-electron chi connectivity index (χ3n) is 3.84. The molecule has 22 heavy (non-hydrogen) atoms. The molecule has 0 aromatic heterocycles. The predicted octanol–water partition coefficient (Wildman–Crippen LogP) is 3.48. The number of thioether (sulfide) groups is 1. The Balaban J connectivity index is 2.03. The van der Waals surface area contributed by atoms with Crippen LogP contribution in [-0.2, 0) is 4.79 Å². The molecule has 4 nitrogen and oxygen atoms in total. The van der Waals surface area contributed by atoms with E-state index in [-0.39, 0.29) is 11.9 Å². The van der Waals surface area contributed by atoms with Gasteiger partial charge in [0.25, 0.3) is 0 Å². The SMILES string of the molecule is C=C1c2ccccc2N=C(SCC(=O)N[C@H](C)C(C)C)N1C. The van der Waals surface area contributed by atoms with Gasteiger partial charge in [0.05, 0.1) is 11.4 Å². The Labute approximate surface area is 136 Å². The van der Waals surface area contributed by atoms with E-state index >= 15 is 0 Å². The molecule has 0 fully saturated rings. The van der Waals surface area contributed by atoms with Crippen molar-refractivity contribution in [3.63, 3.8) is 0 Å². The topological polar surface area (TPSA) is 44.7 Å². The van der Waals surface area contributed by atoms with E-state index in [9.17, 15) is 4.79 Å². The average molecular weight is 317 g/mol. The van der Waals surface area contributed by atoms with E-state index in [1.165, 1.54) is 11.8 Å². The van der Waals surface area contributed by atoms with Crippen LogP contribution in [0.5, 0.6) is 0 Å². The van der Waals surface area contributed by atoms with E-state index in [2.05, 4.69) is 30.7 Å². The van der Waals surface area contributed by atoms with Crippen molar-refractivity contribution < 1.29 is 4.79 Å². The number of hydrogen-bond donors (Lipinski definition) is 1. The molecule has 1 aliphatic rings. The minimum absolute atomic E-state index is 0.0340. The summed E-state index contributed by atoms with van der Waals surface area (Å²) < 4.78 is 0. The van der Waals surface area contributed by atoms with Gasteiger partial charge in [-0.25, -0.2) is 4.99 Å². The summed E-state index contributed by atoms with van der Waals surface area (Å²) >= 11 is 1.44. The standard InChI is InChI=1S/C17H23N3OS/c1-11(2)12(3)18-16(21)10-22-17-19-15-9-7-6-8-14(15)13(4)20(17)5/h6-9,11-12H,4,10H2,1-3,5H3,(H,18,21)/t12-/m1/s1. The van der Waals surface area contributed by atoms with Crippen LogP contribution in [0.25, 0.3) is 5.70 Å². The second-order valence-electron chi connectivity index (χ2n) is 5.81. The monoisotopic (exact) mass is 317 g/mol. The van der Waals surface area contributed by atoms with Crippen molar-refractivity contribution in [1.82, 2.24) is 10.2 Å². The molecule has 1 aliphatic heterocycles. The Kier molecular flexibility index (Phi) is 5.29. The molecule has 0 bridgehead atoms. The quantitative estimate of drug-likeness (QED) is 0.924. The number of aliphatic imine (C=N–C) groups is 1. The third kappa shape index (κ3) is 3.71. The van der Waals surface area contributed by atoms with Crippen molar-refractivity contribution in [2.45, 2.75) is 26.8 Å². The molecule has 1 atom stereocenters. The largest absolute Gasteiger partial charge is 0.353 e. The van der Waals surface area contributed by atoms with Gasteiger partial charge in [0.15, 0.2) is 5.17 Å². The molecular weight excluding hydrogens is 294 g/mol. The zero-order chi connectivity index (χ0) is 16.3. The number of hydrogen-bond acceptors (Lipinski definition) is 4. The van der Waals surface area contributed by atoms with Gasteiger partial charge >= 0.3 is 0 Å². The lowest BCUT2D eigenvalue weighted by atomic mass is 10.1. The van der Waals surface area contributed by atoms with E-state index in [1.54, 1.807) is 0 Å². The first-order valence-corrected chi connectivity index (χ1v) is 8.41. The fourth-order valence-electron chi connectivity index (χ4n) is 2.01. The second kappa shape index (κ2) is 7.01. The van der Waals surface area contributed by atoms with Gasteiger partial charge in [-0.1, -0.05) is 50.4 Å². The van der Waals surface area contributed by atoms with Crippen LogP contribution < -0.4 is 5.32 Å². The van der Waals surface area contributed by atoms with Crippen LogP contribution in [0.3, 0.4) is 0 Å². The Morgan fingerprint density at radius 2 is 2.05 bits per heavy atom. The van der Waals surface area contributed by atoms with Gasteiger partial charge in [0.2, 0.25) is 5.91 Å². The zero-order valence-electron chi connectivity index (χ0n) is 13.6. The number of para-hydroxylation sites is 1. The maximum atomic E-state index is 12.0. The molecule has 118 valence electrons. The van der Waals surface area contributed by atoms with Gasteiger partial charge < -0.3 is 10.2 Å². The number of rotatable bonds is 4. The predicted molar refractivity (Wildman–Crippen MR) is 95.2 cm³/mol. The smallest absolute Gasteiger partial charge is 0.230 e. The molecule has 0 spiro atoms. The number of nitrogens with one attached hydrogen (secondary N) is 1. The number of carbonyl (C=O) groups excluding carboxylic acids is 1. The summed E-state index contributed by atoms with van der Waals surface area (Å²) in [6, 6.07) is 8.09. The Morgan fingerprint density at radius 1 is 1.36 bits per heavy atom.